The number of methoxy groups -OCH3 is 2. The smallest absolute Gasteiger partial charge is 0.251 e. The molecule has 1 heterocycles. The first kappa shape index (κ1) is 22.2. The maximum Gasteiger partial charge on any atom is 0.251 e. The lowest BCUT2D eigenvalue weighted by Gasteiger charge is -2.23. The minimum atomic E-state index is -0.698. The number of hydrogen-bond acceptors (Lipinski definition) is 5. The van der Waals surface area contributed by atoms with Crippen LogP contribution in [-0.4, -0.2) is 32.1 Å². The summed E-state index contributed by atoms with van der Waals surface area (Å²) in [6, 6.07) is 13.2. The first-order valence-electron chi connectivity index (χ1n) is 10.2. The van der Waals surface area contributed by atoms with E-state index in [0.29, 0.717) is 28.4 Å². The van der Waals surface area contributed by atoms with E-state index in [2.05, 4.69) is 10.6 Å². The summed E-state index contributed by atoms with van der Waals surface area (Å²) in [6.07, 6.45) is 0. The molecule has 164 valence electrons. The van der Waals surface area contributed by atoms with Crippen LogP contribution in [0.25, 0.3) is 11.0 Å². The van der Waals surface area contributed by atoms with Gasteiger partial charge < -0.3 is 24.5 Å². The van der Waals surface area contributed by atoms with E-state index in [9.17, 15) is 9.59 Å². The monoisotopic (exact) mass is 424 g/mol. The van der Waals surface area contributed by atoms with Gasteiger partial charge in [0, 0.05) is 10.9 Å². The maximum atomic E-state index is 13.0. The van der Waals surface area contributed by atoms with Crippen molar-refractivity contribution in [2.45, 2.75) is 32.9 Å². The minimum absolute atomic E-state index is 0.106. The average Bonchev–Trinajstić information content (AvgIpc) is 3.21. The molecule has 2 aromatic carbocycles. The number of carbonyl (C=O) groups excluding carboxylic acids is 2. The number of hydrogen-bond donors (Lipinski definition) is 2. The lowest BCUT2D eigenvalue weighted by Crippen LogP contribution is -2.50. The summed E-state index contributed by atoms with van der Waals surface area (Å²) in [6.45, 7) is 5.61. The molecular formula is C24H28N2O5. The molecule has 0 aliphatic carbocycles. The predicted octanol–water partition coefficient (Wildman–Crippen LogP) is 4.08. The van der Waals surface area contributed by atoms with Gasteiger partial charge >= 0.3 is 0 Å². The predicted molar refractivity (Wildman–Crippen MR) is 118 cm³/mol. The van der Waals surface area contributed by atoms with Crippen molar-refractivity contribution < 1.29 is 23.5 Å². The van der Waals surface area contributed by atoms with E-state index >= 15 is 0 Å². The molecule has 0 bridgehead atoms. The van der Waals surface area contributed by atoms with Gasteiger partial charge in [0.2, 0.25) is 5.91 Å². The molecule has 31 heavy (non-hydrogen) atoms. The fourth-order valence-corrected chi connectivity index (χ4v) is 3.31. The minimum Gasteiger partial charge on any atom is -0.497 e. The van der Waals surface area contributed by atoms with Gasteiger partial charge in [-0.25, -0.2) is 0 Å². The molecule has 1 aromatic heterocycles. The second kappa shape index (κ2) is 9.55. The number of ether oxygens (including phenoxy) is 2. The fourth-order valence-electron chi connectivity index (χ4n) is 3.31. The van der Waals surface area contributed by atoms with Crippen molar-refractivity contribution in [1.82, 2.24) is 10.6 Å². The molecule has 0 aliphatic heterocycles. The van der Waals surface area contributed by atoms with Crippen LogP contribution >= 0.6 is 0 Å². The zero-order valence-corrected chi connectivity index (χ0v) is 18.4. The summed E-state index contributed by atoms with van der Waals surface area (Å²) in [4.78, 5) is 25.6. The fraction of sp³-hybridized carbons (Fsp3) is 0.333. The lowest BCUT2D eigenvalue weighted by atomic mass is 10.0. The van der Waals surface area contributed by atoms with Crippen LogP contribution in [0.15, 0.2) is 52.9 Å². The van der Waals surface area contributed by atoms with E-state index in [1.54, 1.807) is 38.5 Å². The van der Waals surface area contributed by atoms with Gasteiger partial charge in [-0.3, -0.25) is 9.59 Å². The first-order chi connectivity index (χ1) is 14.8. The molecule has 2 amide bonds. The summed E-state index contributed by atoms with van der Waals surface area (Å²) in [7, 11) is 3.15. The highest BCUT2D eigenvalue weighted by atomic mass is 16.5. The Balaban J connectivity index is 1.71. The molecule has 0 radical (unpaired) electrons. The third kappa shape index (κ3) is 4.99. The largest absolute Gasteiger partial charge is 0.497 e. The Labute approximate surface area is 181 Å². The first-order valence-corrected chi connectivity index (χ1v) is 10.2. The number of carbonyl (C=O) groups is 2. The summed E-state index contributed by atoms with van der Waals surface area (Å²) in [5, 5.41) is 6.66. The number of furan rings is 1. The van der Waals surface area contributed by atoms with Crippen LogP contribution in [0, 0.1) is 5.92 Å². The summed E-state index contributed by atoms with van der Waals surface area (Å²) in [5.41, 5.74) is 1.09. The van der Waals surface area contributed by atoms with Crippen molar-refractivity contribution >= 4 is 22.8 Å². The molecule has 3 aromatic rings. The van der Waals surface area contributed by atoms with Gasteiger partial charge in [0.25, 0.3) is 5.91 Å². The van der Waals surface area contributed by atoms with Gasteiger partial charge in [0.15, 0.2) is 11.3 Å². The van der Waals surface area contributed by atoms with Crippen LogP contribution in [0.1, 0.15) is 42.9 Å². The van der Waals surface area contributed by atoms with Gasteiger partial charge in [0.1, 0.15) is 17.6 Å². The van der Waals surface area contributed by atoms with Crippen molar-refractivity contribution in [2.24, 2.45) is 5.92 Å². The third-order valence-electron chi connectivity index (χ3n) is 5.12. The molecule has 0 spiro atoms. The molecule has 7 heteroatoms. The molecule has 7 nitrogen and oxygen atoms in total. The summed E-state index contributed by atoms with van der Waals surface area (Å²) < 4.78 is 16.4. The average molecular weight is 424 g/mol. The van der Waals surface area contributed by atoms with E-state index in [1.807, 2.05) is 45.0 Å². The standard InChI is InChI=1S/C24H28N2O5/c1-14(2)21(26-23(27)16-9-11-18(29-4)12-10-16)24(28)25-15(3)20-13-17-7-6-8-19(30-5)22(17)31-20/h6-15,21H,1-5H3,(H,25,28)(H,26,27). The van der Waals surface area contributed by atoms with E-state index in [4.69, 9.17) is 13.9 Å². The second-order valence-electron chi connectivity index (χ2n) is 7.68. The number of nitrogens with one attached hydrogen (secondary N) is 2. The second-order valence-corrected chi connectivity index (χ2v) is 7.68. The van der Waals surface area contributed by atoms with Crippen molar-refractivity contribution in [3.05, 3.63) is 59.9 Å². The van der Waals surface area contributed by atoms with E-state index in [1.165, 1.54) is 0 Å². The Morgan fingerprint density at radius 2 is 1.65 bits per heavy atom. The van der Waals surface area contributed by atoms with Gasteiger partial charge in [-0.15, -0.1) is 0 Å². The van der Waals surface area contributed by atoms with Crippen LogP contribution in [0.5, 0.6) is 11.5 Å². The van der Waals surface area contributed by atoms with Crippen molar-refractivity contribution in [1.29, 1.82) is 0 Å². The summed E-state index contributed by atoms with van der Waals surface area (Å²) >= 11 is 0. The van der Waals surface area contributed by atoms with E-state index in [0.717, 1.165) is 5.39 Å². The van der Waals surface area contributed by atoms with Crippen LogP contribution in [0.3, 0.4) is 0 Å². The molecule has 2 atom stereocenters. The van der Waals surface area contributed by atoms with Gasteiger partial charge in [-0.2, -0.15) is 0 Å². The lowest BCUT2D eigenvalue weighted by molar-refractivity contribution is -0.124. The normalized spacial score (nSPS) is 13.0. The zero-order chi connectivity index (χ0) is 22.5. The van der Waals surface area contributed by atoms with Gasteiger partial charge in [-0.1, -0.05) is 26.0 Å². The molecule has 0 fully saturated rings. The van der Waals surface area contributed by atoms with E-state index in [-0.39, 0.29) is 23.8 Å². The Bertz CT molecular complexity index is 1060. The Kier molecular flexibility index (Phi) is 6.84. The van der Waals surface area contributed by atoms with E-state index < -0.39 is 6.04 Å². The van der Waals surface area contributed by atoms with Gasteiger partial charge in [0.05, 0.1) is 20.3 Å². The number of fused-ring (bicyclic) bond motifs is 1. The maximum absolute atomic E-state index is 13.0. The van der Waals surface area contributed by atoms with Crippen molar-refractivity contribution in [3.63, 3.8) is 0 Å². The highest BCUT2D eigenvalue weighted by Crippen LogP contribution is 2.30. The van der Waals surface area contributed by atoms with Crippen LogP contribution in [-0.2, 0) is 4.79 Å². The van der Waals surface area contributed by atoms with Crippen molar-refractivity contribution in [2.75, 3.05) is 14.2 Å². The molecule has 0 aliphatic rings. The van der Waals surface area contributed by atoms with Crippen LogP contribution < -0.4 is 20.1 Å². The van der Waals surface area contributed by atoms with Crippen molar-refractivity contribution in [3.8, 4) is 11.5 Å². The zero-order valence-electron chi connectivity index (χ0n) is 18.4. The highest BCUT2D eigenvalue weighted by molar-refractivity contribution is 5.97. The highest BCUT2D eigenvalue weighted by Gasteiger charge is 2.27. The number of rotatable bonds is 8. The molecule has 2 unspecified atom stereocenters. The molecule has 2 N–H and O–H groups in total. The third-order valence-corrected chi connectivity index (χ3v) is 5.12. The SMILES string of the molecule is COc1ccc(C(=O)NC(C(=O)NC(C)c2cc3cccc(OC)c3o2)C(C)C)cc1. The Hall–Kier alpha value is -3.48. The number of para-hydroxylation sites is 1. The van der Waals surface area contributed by atoms with Gasteiger partial charge in [-0.05, 0) is 49.2 Å². The van der Waals surface area contributed by atoms with Crippen LogP contribution in [0.2, 0.25) is 0 Å². The Morgan fingerprint density at radius 3 is 2.26 bits per heavy atom. The van der Waals surface area contributed by atoms with Crippen LogP contribution in [0.4, 0.5) is 0 Å². The molecule has 3 rings (SSSR count). The topological polar surface area (TPSA) is 89.8 Å². The molecule has 0 saturated carbocycles. The molecule has 0 saturated heterocycles. The summed E-state index contributed by atoms with van der Waals surface area (Å²) in [5.74, 6) is 1.19. The quantitative estimate of drug-likeness (QED) is 0.569. The molecular weight excluding hydrogens is 396 g/mol. The Morgan fingerprint density at radius 1 is 0.935 bits per heavy atom. The number of amides is 2. The number of benzene rings is 2.